The maximum Gasteiger partial charge on any atom is 0.308 e. The summed E-state index contributed by atoms with van der Waals surface area (Å²) in [6, 6.07) is 0.161. The molecule has 0 aromatic carbocycles. The Balaban J connectivity index is 1.36. The lowest BCUT2D eigenvalue weighted by Crippen LogP contribution is -2.42. The minimum atomic E-state index is -0.829. The predicted molar refractivity (Wildman–Crippen MR) is 134 cm³/mol. The van der Waals surface area contributed by atoms with E-state index < -0.39 is 17.9 Å². The van der Waals surface area contributed by atoms with E-state index >= 15 is 0 Å². The Bertz CT molecular complexity index is 612. The Morgan fingerprint density at radius 2 is 1.00 bits per heavy atom. The monoisotopic (exact) mass is 480 g/mol. The second-order valence-electron chi connectivity index (χ2n) is 10.5. The van der Waals surface area contributed by atoms with Crippen molar-refractivity contribution in [3.05, 3.63) is 0 Å². The molecule has 2 aliphatic carbocycles. The maximum atomic E-state index is 12.3. The summed E-state index contributed by atoms with van der Waals surface area (Å²) < 4.78 is 0. The zero-order chi connectivity index (χ0) is 24.6. The SMILES string of the molecule is O=C(O)[C@H]1CCCC[C@H]1NCCCCCCCCCCCCNC(=O)[C@H]1CCCC[C@H]1C(=O)O. The maximum absolute atomic E-state index is 12.3. The van der Waals surface area contributed by atoms with Gasteiger partial charge in [0.25, 0.3) is 0 Å². The van der Waals surface area contributed by atoms with Crippen LogP contribution in [0, 0.1) is 17.8 Å². The van der Waals surface area contributed by atoms with Crippen molar-refractivity contribution in [2.75, 3.05) is 13.1 Å². The number of aliphatic carboxylic acids is 2. The average molecular weight is 481 g/mol. The van der Waals surface area contributed by atoms with Crippen LogP contribution in [0.25, 0.3) is 0 Å². The number of hydrogen-bond acceptors (Lipinski definition) is 4. The summed E-state index contributed by atoms with van der Waals surface area (Å²) in [7, 11) is 0. The van der Waals surface area contributed by atoms with Gasteiger partial charge >= 0.3 is 11.9 Å². The number of amides is 1. The summed E-state index contributed by atoms with van der Waals surface area (Å²) in [6.45, 7) is 1.59. The quantitative estimate of drug-likeness (QED) is 0.215. The third-order valence-electron chi connectivity index (χ3n) is 7.81. The summed E-state index contributed by atoms with van der Waals surface area (Å²) in [5.74, 6) is -2.60. The van der Waals surface area contributed by atoms with E-state index in [1.165, 1.54) is 44.9 Å². The Morgan fingerprint density at radius 3 is 1.56 bits per heavy atom. The highest BCUT2D eigenvalue weighted by Crippen LogP contribution is 2.30. The number of unbranched alkanes of at least 4 members (excludes halogenated alkanes) is 9. The van der Waals surface area contributed by atoms with Crippen LogP contribution in [0.3, 0.4) is 0 Å². The summed E-state index contributed by atoms with van der Waals surface area (Å²) in [5, 5.41) is 25.1. The molecule has 34 heavy (non-hydrogen) atoms. The van der Waals surface area contributed by atoms with Crippen LogP contribution >= 0.6 is 0 Å². The molecule has 1 amide bonds. The van der Waals surface area contributed by atoms with Crippen molar-refractivity contribution < 1.29 is 24.6 Å². The van der Waals surface area contributed by atoms with Crippen molar-refractivity contribution in [1.82, 2.24) is 10.6 Å². The minimum absolute atomic E-state index is 0.0669. The highest BCUT2D eigenvalue weighted by molar-refractivity contribution is 5.84. The molecule has 0 bridgehead atoms. The van der Waals surface area contributed by atoms with Crippen LogP contribution < -0.4 is 10.6 Å². The van der Waals surface area contributed by atoms with Gasteiger partial charge in [0.15, 0.2) is 0 Å². The molecule has 0 aliphatic heterocycles. The van der Waals surface area contributed by atoms with Gasteiger partial charge in [-0.15, -0.1) is 0 Å². The van der Waals surface area contributed by atoms with Gasteiger partial charge in [-0.25, -0.2) is 0 Å². The van der Waals surface area contributed by atoms with Gasteiger partial charge in [-0.3, -0.25) is 14.4 Å². The van der Waals surface area contributed by atoms with Gasteiger partial charge in [-0.05, 0) is 45.1 Å². The summed E-state index contributed by atoms with van der Waals surface area (Å²) in [6.07, 6.45) is 19.1. The predicted octanol–water partition coefficient (Wildman–Crippen LogP) is 5.13. The van der Waals surface area contributed by atoms with Crippen molar-refractivity contribution in [2.24, 2.45) is 17.8 Å². The summed E-state index contributed by atoms with van der Waals surface area (Å²) in [4.78, 5) is 35.0. The van der Waals surface area contributed by atoms with Crippen LogP contribution in [-0.2, 0) is 14.4 Å². The fourth-order valence-corrected chi connectivity index (χ4v) is 5.71. The van der Waals surface area contributed by atoms with E-state index in [4.69, 9.17) is 0 Å². The Morgan fingerprint density at radius 1 is 0.559 bits per heavy atom. The first-order chi connectivity index (χ1) is 16.5. The largest absolute Gasteiger partial charge is 0.481 e. The molecule has 4 N–H and O–H groups in total. The molecule has 0 aromatic rings. The van der Waals surface area contributed by atoms with E-state index in [-0.39, 0.29) is 23.8 Å². The molecule has 2 saturated carbocycles. The Hall–Kier alpha value is -1.63. The molecule has 0 radical (unpaired) electrons. The van der Waals surface area contributed by atoms with Gasteiger partial charge in [0.1, 0.15) is 0 Å². The van der Waals surface area contributed by atoms with Crippen molar-refractivity contribution in [3.63, 3.8) is 0 Å². The molecule has 0 unspecified atom stereocenters. The average Bonchev–Trinajstić information content (AvgIpc) is 2.84. The summed E-state index contributed by atoms with van der Waals surface area (Å²) in [5.41, 5.74) is 0. The summed E-state index contributed by atoms with van der Waals surface area (Å²) >= 11 is 0. The van der Waals surface area contributed by atoms with E-state index in [1.807, 2.05) is 0 Å². The van der Waals surface area contributed by atoms with Crippen LogP contribution in [0.1, 0.15) is 116 Å². The van der Waals surface area contributed by atoms with Crippen LogP contribution in [0.5, 0.6) is 0 Å². The van der Waals surface area contributed by atoms with Gasteiger partial charge in [-0.1, -0.05) is 77.0 Å². The zero-order valence-electron chi connectivity index (χ0n) is 21.1. The number of rotatable bonds is 17. The first-order valence-electron chi connectivity index (χ1n) is 14.0. The lowest BCUT2D eigenvalue weighted by Gasteiger charge is -2.29. The standard InChI is InChI=1S/C27H48N2O5/c30-25(21-15-9-10-16-22(21)26(31)32)29-20-14-8-6-4-2-1-3-5-7-13-19-28-24-18-12-11-17-23(24)27(33)34/h21-24,28H,1-20H2,(H,29,30)(H,31,32)(H,33,34)/t21-,22+,23-,24+/m0/s1. The molecule has 4 atom stereocenters. The first-order valence-corrected chi connectivity index (χ1v) is 14.0. The molecule has 7 nitrogen and oxygen atoms in total. The van der Waals surface area contributed by atoms with Gasteiger partial charge in [-0.2, -0.15) is 0 Å². The highest BCUT2D eigenvalue weighted by Gasteiger charge is 2.35. The van der Waals surface area contributed by atoms with Crippen molar-refractivity contribution in [1.29, 1.82) is 0 Å². The van der Waals surface area contributed by atoms with E-state index in [0.717, 1.165) is 64.3 Å². The van der Waals surface area contributed by atoms with Crippen LogP contribution in [0.4, 0.5) is 0 Å². The molecule has 7 heteroatoms. The van der Waals surface area contributed by atoms with E-state index in [9.17, 15) is 24.6 Å². The van der Waals surface area contributed by atoms with Crippen LogP contribution in [-0.4, -0.2) is 47.2 Å². The molecule has 2 fully saturated rings. The fourth-order valence-electron chi connectivity index (χ4n) is 5.71. The van der Waals surface area contributed by atoms with Crippen LogP contribution in [0.2, 0.25) is 0 Å². The van der Waals surface area contributed by atoms with Gasteiger partial charge in [0.05, 0.1) is 17.8 Å². The molecule has 0 heterocycles. The van der Waals surface area contributed by atoms with Gasteiger partial charge in [0, 0.05) is 12.6 Å². The van der Waals surface area contributed by atoms with Crippen molar-refractivity contribution >= 4 is 17.8 Å². The Kier molecular flexibility index (Phi) is 14.2. The number of nitrogens with one attached hydrogen (secondary N) is 2. The van der Waals surface area contributed by atoms with Gasteiger partial charge in [0.2, 0.25) is 5.91 Å². The molecule has 0 saturated heterocycles. The van der Waals surface area contributed by atoms with E-state index in [0.29, 0.717) is 19.4 Å². The third kappa shape index (κ3) is 10.7. The smallest absolute Gasteiger partial charge is 0.308 e. The first kappa shape index (κ1) is 28.6. The fraction of sp³-hybridized carbons (Fsp3) is 0.889. The number of carbonyl (C=O) groups excluding carboxylic acids is 1. The molecular weight excluding hydrogens is 432 g/mol. The molecule has 196 valence electrons. The van der Waals surface area contributed by atoms with Crippen molar-refractivity contribution in [3.8, 4) is 0 Å². The number of carbonyl (C=O) groups is 3. The van der Waals surface area contributed by atoms with Gasteiger partial charge < -0.3 is 20.8 Å². The minimum Gasteiger partial charge on any atom is -0.481 e. The van der Waals surface area contributed by atoms with Crippen molar-refractivity contribution in [2.45, 2.75) is 122 Å². The number of carboxylic acids is 2. The topological polar surface area (TPSA) is 116 Å². The molecule has 2 rings (SSSR count). The molecule has 2 aliphatic rings. The molecular formula is C27H48N2O5. The number of carboxylic acid groups (broad SMARTS) is 2. The normalized spacial score (nSPS) is 25.1. The Labute approximate surface area is 205 Å². The number of hydrogen-bond donors (Lipinski definition) is 4. The molecule has 0 spiro atoms. The lowest BCUT2D eigenvalue weighted by molar-refractivity contribution is -0.148. The second kappa shape index (κ2) is 16.9. The van der Waals surface area contributed by atoms with Crippen LogP contribution in [0.15, 0.2) is 0 Å². The third-order valence-corrected chi connectivity index (χ3v) is 7.81. The van der Waals surface area contributed by atoms with E-state index in [1.54, 1.807) is 0 Å². The zero-order valence-corrected chi connectivity index (χ0v) is 21.1. The second-order valence-corrected chi connectivity index (χ2v) is 10.5. The van der Waals surface area contributed by atoms with E-state index in [2.05, 4.69) is 10.6 Å². The molecule has 0 aromatic heterocycles. The highest BCUT2D eigenvalue weighted by atomic mass is 16.4. The lowest BCUT2D eigenvalue weighted by atomic mass is 9.78.